The van der Waals surface area contributed by atoms with Gasteiger partial charge in [0.15, 0.2) is 0 Å². The first-order chi connectivity index (χ1) is 12.8. The first-order valence-electron chi connectivity index (χ1n) is 8.28. The highest BCUT2D eigenvalue weighted by Gasteiger charge is 2.17. The predicted octanol–water partition coefficient (Wildman–Crippen LogP) is 2.98. The Kier molecular flexibility index (Phi) is 5.39. The molecule has 1 amide bonds. The molecular weight excluding hydrogens is 389 g/mol. The van der Waals surface area contributed by atoms with Gasteiger partial charge in [0, 0.05) is 16.1 Å². The minimum atomic E-state index is -0.643. The number of amides is 1. The number of aromatic nitrogens is 2. The van der Waals surface area contributed by atoms with Crippen molar-refractivity contribution in [2.24, 2.45) is 0 Å². The molecule has 1 N–H and O–H groups in total. The summed E-state index contributed by atoms with van der Waals surface area (Å²) < 4.78 is 2.24. The van der Waals surface area contributed by atoms with Crippen LogP contribution in [0.15, 0.2) is 52.1 Å². The second-order valence-corrected chi connectivity index (χ2v) is 7.25. The van der Waals surface area contributed by atoms with Gasteiger partial charge in [-0.25, -0.2) is 9.36 Å². The Bertz CT molecular complexity index is 1150. The summed E-state index contributed by atoms with van der Waals surface area (Å²) >= 11 is 12.1. The van der Waals surface area contributed by atoms with E-state index >= 15 is 0 Å². The van der Waals surface area contributed by atoms with Crippen molar-refractivity contribution in [3.63, 3.8) is 0 Å². The average molecular weight is 406 g/mol. The lowest BCUT2D eigenvalue weighted by molar-refractivity contribution is -0.122. The van der Waals surface area contributed by atoms with Gasteiger partial charge in [-0.1, -0.05) is 29.3 Å². The van der Waals surface area contributed by atoms with Crippen LogP contribution in [-0.2, 0) is 11.3 Å². The molecule has 0 radical (unpaired) electrons. The Morgan fingerprint density at radius 1 is 1.07 bits per heavy atom. The molecule has 6 nitrogen and oxygen atoms in total. The number of benzene rings is 2. The maximum atomic E-state index is 13.1. The van der Waals surface area contributed by atoms with Crippen LogP contribution in [0, 0.1) is 0 Å². The fraction of sp³-hybridized carbons (Fsp3) is 0.211. The van der Waals surface area contributed by atoms with E-state index in [-0.39, 0.29) is 23.9 Å². The Morgan fingerprint density at radius 2 is 1.78 bits per heavy atom. The van der Waals surface area contributed by atoms with Gasteiger partial charge in [-0.3, -0.25) is 14.2 Å². The molecule has 1 heterocycles. The highest BCUT2D eigenvalue weighted by molar-refractivity contribution is 6.31. The van der Waals surface area contributed by atoms with Crippen LogP contribution in [0.5, 0.6) is 0 Å². The molecule has 1 aromatic heterocycles. The van der Waals surface area contributed by atoms with E-state index in [1.165, 1.54) is 22.8 Å². The van der Waals surface area contributed by atoms with Gasteiger partial charge in [-0.15, -0.1) is 0 Å². The average Bonchev–Trinajstić information content (AvgIpc) is 2.58. The number of hydrogen-bond acceptors (Lipinski definition) is 3. The summed E-state index contributed by atoms with van der Waals surface area (Å²) in [5.74, 6) is -0.343. The van der Waals surface area contributed by atoms with Crippen molar-refractivity contribution >= 4 is 40.0 Å². The van der Waals surface area contributed by atoms with E-state index < -0.39 is 11.2 Å². The molecule has 140 valence electrons. The minimum Gasteiger partial charge on any atom is -0.352 e. The zero-order valence-electron chi connectivity index (χ0n) is 14.7. The van der Waals surface area contributed by atoms with Gasteiger partial charge in [0.2, 0.25) is 5.91 Å². The molecule has 3 aromatic rings. The van der Waals surface area contributed by atoms with E-state index in [1.807, 2.05) is 13.8 Å². The van der Waals surface area contributed by atoms with Crippen LogP contribution in [0.4, 0.5) is 0 Å². The lowest BCUT2D eigenvalue weighted by Gasteiger charge is -2.15. The Balaban J connectivity index is 2.32. The van der Waals surface area contributed by atoms with E-state index in [4.69, 9.17) is 23.2 Å². The molecule has 0 saturated heterocycles. The third-order valence-electron chi connectivity index (χ3n) is 3.92. The normalized spacial score (nSPS) is 11.1. The summed E-state index contributed by atoms with van der Waals surface area (Å²) in [4.78, 5) is 38.3. The smallest absolute Gasteiger partial charge is 0.336 e. The summed E-state index contributed by atoms with van der Waals surface area (Å²) in [5, 5.41) is 3.76. The largest absolute Gasteiger partial charge is 0.352 e. The standard InChI is InChI=1S/C19H17Cl2N3O3/c1-11(2)22-17(25)10-23-16-9-13(21)6-7-15(16)18(26)24(19(23)27)14-5-3-4-12(20)8-14/h3-9,11H,10H2,1-2H3,(H,22,25). The van der Waals surface area contributed by atoms with Crippen molar-refractivity contribution in [3.8, 4) is 5.69 Å². The Labute approximate surface area is 164 Å². The molecule has 8 heteroatoms. The zero-order chi connectivity index (χ0) is 19.7. The van der Waals surface area contributed by atoms with Crippen molar-refractivity contribution in [1.82, 2.24) is 14.5 Å². The highest BCUT2D eigenvalue weighted by Crippen LogP contribution is 2.17. The number of halogens is 2. The van der Waals surface area contributed by atoms with Gasteiger partial charge >= 0.3 is 5.69 Å². The topological polar surface area (TPSA) is 73.1 Å². The van der Waals surface area contributed by atoms with Gasteiger partial charge in [0.05, 0.1) is 16.6 Å². The van der Waals surface area contributed by atoms with Crippen LogP contribution >= 0.6 is 23.2 Å². The molecule has 0 saturated carbocycles. The fourth-order valence-corrected chi connectivity index (χ4v) is 3.20. The lowest BCUT2D eigenvalue weighted by atomic mass is 10.2. The molecule has 0 spiro atoms. The molecule has 3 rings (SSSR count). The van der Waals surface area contributed by atoms with Gasteiger partial charge in [0.1, 0.15) is 6.54 Å². The van der Waals surface area contributed by atoms with Crippen LogP contribution in [0.1, 0.15) is 13.8 Å². The van der Waals surface area contributed by atoms with Crippen molar-refractivity contribution in [3.05, 3.63) is 73.3 Å². The molecule has 0 atom stereocenters. The summed E-state index contributed by atoms with van der Waals surface area (Å²) in [6.45, 7) is 3.40. The summed E-state index contributed by atoms with van der Waals surface area (Å²) in [6.07, 6.45) is 0. The lowest BCUT2D eigenvalue weighted by Crippen LogP contribution is -2.42. The number of carbonyl (C=O) groups excluding carboxylic acids is 1. The maximum absolute atomic E-state index is 13.1. The molecule has 27 heavy (non-hydrogen) atoms. The predicted molar refractivity (Wildman–Crippen MR) is 107 cm³/mol. The number of rotatable bonds is 4. The quantitative estimate of drug-likeness (QED) is 0.724. The number of hydrogen-bond donors (Lipinski definition) is 1. The summed E-state index contributed by atoms with van der Waals surface area (Å²) in [7, 11) is 0. The van der Waals surface area contributed by atoms with Gasteiger partial charge < -0.3 is 5.32 Å². The van der Waals surface area contributed by atoms with Gasteiger partial charge in [-0.05, 0) is 50.2 Å². The summed E-state index contributed by atoms with van der Waals surface area (Å²) in [6, 6.07) is 10.9. The van der Waals surface area contributed by atoms with E-state index in [0.717, 1.165) is 4.57 Å². The van der Waals surface area contributed by atoms with Crippen LogP contribution in [0.3, 0.4) is 0 Å². The first-order valence-corrected chi connectivity index (χ1v) is 9.04. The number of nitrogens with one attached hydrogen (secondary N) is 1. The second kappa shape index (κ2) is 7.58. The van der Waals surface area contributed by atoms with E-state index in [1.54, 1.807) is 24.3 Å². The van der Waals surface area contributed by atoms with Crippen molar-refractivity contribution < 1.29 is 4.79 Å². The number of carbonyl (C=O) groups is 1. The third kappa shape index (κ3) is 3.91. The molecule has 0 aliphatic rings. The molecule has 0 aliphatic carbocycles. The van der Waals surface area contributed by atoms with E-state index in [2.05, 4.69) is 5.32 Å². The molecule has 2 aromatic carbocycles. The Hall–Kier alpha value is -2.57. The fourth-order valence-electron chi connectivity index (χ4n) is 2.85. The van der Waals surface area contributed by atoms with Gasteiger partial charge in [-0.2, -0.15) is 0 Å². The third-order valence-corrected chi connectivity index (χ3v) is 4.39. The number of fused-ring (bicyclic) bond motifs is 1. The van der Waals surface area contributed by atoms with Crippen LogP contribution in [0.25, 0.3) is 16.6 Å². The second-order valence-electron chi connectivity index (χ2n) is 6.37. The highest BCUT2D eigenvalue weighted by atomic mass is 35.5. The van der Waals surface area contributed by atoms with Crippen LogP contribution < -0.4 is 16.6 Å². The molecular formula is C19H17Cl2N3O3. The Morgan fingerprint density at radius 3 is 2.44 bits per heavy atom. The number of nitrogens with zero attached hydrogens (tertiary/aromatic N) is 2. The van der Waals surface area contributed by atoms with Crippen LogP contribution in [0.2, 0.25) is 10.0 Å². The monoisotopic (exact) mass is 405 g/mol. The van der Waals surface area contributed by atoms with Crippen molar-refractivity contribution in [2.45, 2.75) is 26.4 Å². The zero-order valence-corrected chi connectivity index (χ0v) is 16.2. The molecule has 0 fully saturated rings. The SMILES string of the molecule is CC(C)NC(=O)Cn1c(=O)n(-c2cccc(Cl)c2)c(=O)c2ccc(Cl)cc21. The van der Waals surface area contributed by atoms with Gasteiger partial charge in [0.25, 0.3) is 5.56 Å². The molecule has 0 unspecified atom stereocenters. The molecule has 0 aliphatic heterocycles. The first kappa shape index (κ1) is 19.2. The molecule has 0 bridgehead atoms. The van der Waals surface area contributed by atoms with E-state index in [9.17, 15) is 14.4 Å². The maximum Gasteiger partial charge on any atom is 0.336 e. The summed E-state index contributed by atoms with van der Waals surface area (Å²) in [5.41, 5.74) is -0.521. The van der Waals surface area contributed by atoms with E-state index in [0.29, 0.717) is 21.2 Å². The van der Waals surface area contributed by atoms with Crippen LogP contribution in [-0.4, -0.2) is 21.1 Å². The van der Waals surface area contributed by atoms with Crippen molar-refractivity contribution in [1.29, 1.82) is 0 Å². The minimum absolute atomic E-state index is 0.0816. The van der Waals surface area contributed by atoms with Crippen molar-refractivity contribution in [2.75, 3.05) is 0 Å².